The molecule has 0 saturated heterocycles. The summed E-state index contributed by atoms with van der Waals surface area (Å²) in [5.41, 5.74) is 2.06. The van der Waals surface area contributed by atoms with Crippen LogP contribution in [0.15, 0.2) is 47.6 Å². The Morgan fingerprint density at radius 2 is 2.15 bits per heavy atom. The zero-order valence-corrected chi connectivity index (χ0v) is 11.3. The Kier molecular flexibility index (Phi) is 3.96. The van der Waals surface area contributed by atoms with Gasteiger partial charge in [-0.05, 0) is 12.7 Å². The molecule has 0 aromatic heterocycles. The van der Waals surface area contributed by atoms with Crippen molar-refractivity contribution in [2.45, 2.75) is 6.42 Å². The Hall–Kier alpha value is -0.318. The maximum Gasteiger partial charge on any atom is 0.00184 e. The molecule has 2 rings (SSSR count). The van der Waals surface area contributed by atoms with Crippen LogP contribution in [-0.4, -0.2) is 6.29 Å². The van der Waals surface area contributed by atoms with E-state index >= 15 is 0 Å². The van der Waals surface area contributed by atoms with Crippen LogP contribution in [0.5, 0.6) is 0 Å². The minimum atomic E-state index is 0. The Labute approximate surface area is 102 Å². The van der Waals surface area contributed by atoms with E-state index < -0.39 is 0 Å². The van der Waals surface area contributed by atoms with Gasteiger partial charge >= 0.3 is 0 Å². The molecular weight excluding hydrogens is 386 g/mol. The second-order valence-corrected chi connectivity index (χ2v) is 3.02. The first-order chi connectivity index (χ1) is 5.90. The first-order valence-electron chi connectivity index (χ1n) is 4.04. The smallest absolute Gasteiger partial charge is 0.00184 e. The van der Waals surface area contributed by atoms with Crippen LogP contribution in [-0.2, 0) is 4.79 Å². The van der Waals surface area contributed by atoms with Crippen LogP contribution in [0.1, 0.15) is 6.42 Å². The molecule has 0 N–H and O–H groups in total. The van der Waals surface area contributed by atoms with Crippen molar-refractivity contribution in [3.8, 4) is 0 Å². The second-order valence-electron chi connectivity index (χ2n) is 3.02. The van der Waals surface area contributed by atoms with Gasteiger partial charge in [0.2, 0.25) is 0 Å². The Bertz CT molecular complexity index is 321. The first kappa shape index (κ1) is 10.8. The van der Waals surface area contributed by atoms with Crippen molar-refractivity contribution >= 4 is 6.29 Å². The van der Waals surface area contributed by atoms with Gasteiger partial charge in [-0.3, -0.25) is 0 Å². The van der Waals surface area contributed by atoms with Gasteiger partial charge in [-0.15, -0.1) is 6.08 Å². The molecule has 0 aromatic carbocycles. The molecular formula is C11H9OU-. The summed E-state index contributed by atoms with van der Waals surface area (Å²) in [6.45, 7) is 0. The van der Waals surface area contributed by atoms with Crippen molar-refractivity contribution < 1.29 is 35.9 Å². The molecule has 0 bridgehead atoms. The predicted octanol–water partition coefficient (Wildman–Crippen LogP) is 2.09. The Morgan fingerprint density at radius 3 is 2.92 bits per heavy atom. The molecule has 1 unspecified atom stereocenters. The average Bonchev–Trinajstić information content (AvgIpc) is 2.17. The van der Waals surface area contributed by atoms with Gasteiger partial charge in [0.15, 0.2) is 0 Å². The third-order valence-electron chi connectivity index (χ3n) is 2.22. The molecule has 64 valence electrons. The van der Waals surface area contributed by atoms with E-state index in [-0.39, 0.29) is 31.1 Å². The minimum absolute atomic E-state index is 0. The Morgan fingerprint density at radius 1 is 1.31 bits per heavy atom. The quantitative estimate of drug-likeness (QED) is 0.622. The van der Waals surface area contributed by atoms with Crippen LogP contribution in [0, 0.1) is 37.0 Å². The third kappa shape index (κ3) is 2.33. The zero-order valence-electron chi connectivity index (χ0n) is 7.16. The van der Waals surface area contributed by atoms with Crippen LogP contribution in [0.4, 0.5) is 0 Å². The summed E-state index contributed by atoms with van der Waals surface area (Å²) in [5, 5.41) is 0. The molecule has 0 saturated carbocycles. The monoisotopic (exact) mass is 395 g/mol. The second kappa shape index (κ2) is 4.79. The van der Waals surface area contributed by atoms with E-state index in [4.69, 9.17) is 0 Å². The van der Waals surface area contributed by atoms with Gasteiger partial charge in [-0.2, -0.15) is 5.57 Å². The molecule has 13 heavy (non-hydrogen) atoms. The molecule has 0 radical (unpaired) electrons. The van der Waals surface area contributed by atoms with Crippen LogP contribution in [0.3, 0.4) is 0 Å². The topological polar surface area (TPSA) is 17.1 Å². The molecule has 0 amide bonds. The molecule has 0 spiro atoms. The zero-order chi connectivity index (χ0) is 8.39. The van der Waals surface area contributed by atoms with E-state index in [0.717, 1.165) is 12.0 Å². The van der Waals surface area contributed by atoms with Crippen LogP contribution >= 0.6 is 0 Å². The van der Waals surface area contributed by atoms with E-state index in [9.17, 15) is 4.79 Å². The summed E-state index contributed by atoms with van der Waals surface area (Å²) in [5.74, 6) is 0.399. The fourth-order valence-corrected chi connectivity index (χ4v) is 1.54. The molecule has 1 atom stereocenters. The van der Waals surface area contributed by atoms with E-state index in [1.165, 1.54) is 5.57 Å². The van der Waals surface area contributed by atoms with Crippen LogP contribution in [0.2, 0.25) is 0 Å². The number of carbonyl (C=O) groups excluding carboxylic acids is 1. The van der Waals surface area contributed by atoms with Gasteiger partial charge in [0.05, 0.1) is 0 Å². The Balaban J connectivity index is 0.000000845. The predicted molar refractivity (Wildman–Crippen MR) is 48.2 cm³/mol. The van der Waals surface area contributed by atoms with Crippen molar-refractivity contribution in [1.82, 2.24) is 0 Å². The molecule has 2 aliphatic carbocycles. The summed E-state index contributed by atoms with van der Waals surface area (Å²) in [6, 6.07) is 0. The third-order valence-corrected chi connectivity index (χ3v) is 2.22. The van der Waals surface area contributed by atoms with Crippen LogP contribution < -0.4 is 0 Å². The van der Waals surface area contributed by atoms with Crippen molar-refractivity contribution in [3.05, 3.63) is 47.6 Å². The van der Waals surface area contributed by atoms with E-state index in [1.54, 1.807) is 0 Å². The molecule has 1 nitrogen and oxygen atoms in total. The van der Waals surface area contributed by atoms with Crippen molar-refractivity contribution in [2.75, 3.05) is 0 Å². The molecule has 0 aliphatic heterocycles. The minimum Gasteiger partial charge on any atom is -0.419 e. The maximum atomic E-state index is 10.4. The van der Waals surface area contributed by atoms with Gasteiger partial charge in [0.1, 0.15) is 0 Å². The van der Waals surface area contributed by atoms with E-state index in [1.807, 2.05) is 30.6 Å². The van der Waals surface area contributed by atoms with Crippen LogP contribution in [0.25, 0.3) is 0 Å². The van der Waals surface area contributed by atoms with Crippen molar-refractivity contribution in [3.63, 3.8) is 0 Å². The van der Waals surface area contributed by atoms with Gasteiger partial charge < -0.3 is 4.79 Å². The molecule has 0 fully saturated rings. The van der Waals surface area contributed by atoms with Crippen molar-refractivity contribution in [2.24, 2.45) is 5.92 Å². The van der Waals surface area contributed by atoms with E-state index in [2.05, 4.69) is 12.2 Å². The first-order valence-corrected chi connectivity index (χ1v) is 4.04. The van der Waals surface area contributed by atoms with Gasteiger partial charge in [-0.1, -0.05) is 29.9 Å². The van der Waals surface area contributed by atoms with Crippen molar-refractivity contribution in [1.29, 1.82) is 0 Å². The largest absolute Gasteiger partial charge is 0.419 e. The maximum absolute atomic E-state index is 10.4. The summed E-state index contributed by atoms with van der Waals surface area (Å²) >= 11 is 0. The number of hydrogen-bond acceptors (Lipinski definition) is 1. The number of fused-ring (bicyclic) bond motifs is 1. The summed E-state index contributed by atoms with van der Waals surface area (Å²) < 4.78 is 0. The number of allylic oxidation sites excluding steroid dienone is 8. The normalized spacial score (nSPS) is 23.8. The van der Waals surface area contributed by atoms with Gasteiger partial charge in [0.25, 0.3) is 0 Å². The standard InChI is InChI=1S/C11H9O.U/c12-8-9-5-6-10-3-1-2-4-11(10)7-9;/h1-6,11H,7H2;/q-1;. The molecule has 0 aromatic rings. The van der Waals surface area contributed by atoms with E-state index in [0.29, 0.717) is 5.92 Å². The molecule has 2 heteroatoms. The SMILES string of the molecule is O=[C-]C1=CC=C2C=CC=CC2C1.[U]. The fourth-order valence-electron chi connectivity index (χ4n) is 1.54. The molecule has 2 aliphatic rings. The molecule has 0 heterocycles. The fraction of sp³-hybridized carbons (Fsp3) is 0.182. The van der Waals surface area contributed by atoms with Gasteiger partial charge in [0, 0.05) is 37.0 Å². The number of rotatable bonds is 1. The number of hydrogen-bond donors (Lipinski definition) is 0. The average molecular weight is 395 g/mol. The van der Waals surface area contributed by atoms with Gasteiger partial charge in [-0.25, -0.2) is 6.08 Å². The summed E-state index contributed by atoms with van der Waals surface area (Å²) in [4.78, 5) is 10.4. The summed E-state index contributed by atoms with van der Waals surface area (Å²) in [7, 11) is 0. The summed E-state index contributed by atoms with van der Waals surface area (Å²) in [6.07, 6.45) is 14.8.